The average Bonchev–Trinajstić information content (AvgIpc) is 2.48. The van der Waals surface area contributed by atoms with E-state index in [1.807, 2.05) is 0 Å². The molecule has 21 heavy (non-hydrogen) atoms. The predicted molar refractivity (Wildman–Crippen MR) is 82.5 cm³/mol. The zero-order valence-corrected chi connectivity index (χ0v) is 14.5. The third kappa shape index (κ3) is 4.37. The van der Waals surface area contributed by atoms with Gasteiger partial charge in [0.25, 0.3) is 0 Å². The number of hydrogen-bond acceptors (Lipinski definition) is 5. The number of methoxy groups -OCH3 is 2. The number of benzene rings is 1. The topological polar surface area (TPSA) is 64.6 Å². The van der Waals surface area contributed by atoms with Crippen molar-refractivity contribution in [3.05, 3.63) is 37.5 Å². The molecule has 9 heteroatoms. The minimum Gasteiger partial charge on any atom is -0.466 e. The van der Waals surface area contributed by atoms with Crippen LogP contribution in [0.5, 0.6) is 0 Å². The molecular formula is C12H9BrF2INO4. The first-order chi connectivity index (χ1) is 9.81. The zero-order chi connectivity index (χ0) is 16.2. The second kappa shape index (κ2) is 7.69. The number of esters is 2. The summed E-state index contributed by atoms with van der Waals surface area (Å²) < 4.78 is 35.8. The molecule has 5 nitrogen and oxygen atoms in total. The maximum atomic E-state index is 13.8. The van der Waals surface area contributed by atoms with Gasteiger partial charge in [-0.3, -0.25) is 0 Å². The minimum atomic E-state index is -0.889. The molecule has 0 amide bonds. The first-order valence-corrected chi connectivity index (χ1v) is 7.17. The van der Waals surface area contributed by atoms with Gasteiger partial charge in [0.15, 0.2) is 5.82 Å². The Kier molecular flexibility index (Phi) is 6.52. The Morgan fingerprint density at radius 2 is 1.95 bits per heavy atom. The van der Waals surface area contributed by atoms with Crippen molar-refractivity contribution < 1.29 is 27.8 Å². The Hall–Kier alpha value is -1.23. The van der Waals surface area contributed by atoms with Crippen LogP contribution in [0, 0.1) is 15.2 Å². The molecule has 0 saturated carbocycles. The average molecular weight is 476 g/mol. The van der Waals surface area contributed by atoms with Gasteiger partial charge < -0.3 is 14.8 Å². The molecule has 0 spiro atoms. The fourth-order valence-electron chi connectivity index (χ4n) is 1.24. The highest BCUT2D eigenvalue weighted by Crippen LogP contribution is 2.31. The Bertz CT molecular complexity index is 622. The predicted octanol–water partition coefficient (Wildman–Crippen LogP) is 2.97. The monoisotopic (exact) mass is 475 g/mol. The minimum absolute atomic E-state index is 0.0283. The molecule has 0 heterocycles. The van der Waals surface area contributed by atoms with E-state index in [9.17, 15) is 18.4 Å². The number of carbonyl (C=O) groups is 2. The lowest BCUT2D eigenvalue weighted by Gasteiger charge is -2.12. The van der Waals surface area contributed by atoms with Crippen LogP contribution < -0.4 is 5.32 Å². The van der Waals surface area contributed by atoms with Crippen LogP contribution in [0.25, 0.3) is 0 Å². The SMILES string of the molecule is COC(=O)/C=C(/Nc1cc(F)c(Br)c(F)c1I)C(=O)OC. The van der Waals surface area contributed by atoms with E-state index in [2.05, 4.69) is 30.7 Å². The lowest BCUT2D eigenvalue weighted by atomic mass is 10.2. The van der Waals surface area contributed by atoms with E-state index in [0.717, 1.165) is 26.4 Å². The largest absolute Gasteiger partial charge is 0.466 e. The number of carbonyl (C=O) groups excluding carboxylic acids is 2. The summed E-state index contributed by atoms with van der Waals surface area (Å²) in [6, 6.07) is 0.975. The number of ether oxygens (including phenoxy) is 2. The number of anilines is 1. The van der Waals surface area contributed by atoms with Crippen molar-refractivity contribution in [1.29, 1.82) is 0 Å². The lowest BCUT2D eigenvalue weighted by Crippen LogP contribution is -2.16. The lowest BCUT2D eigenvalue weighted by molar-refractivity contribution is -0.138. The van der Waals surface area contributed by atoms with Crippen molar-refractivity contribution >= 4 is 56.1 Å². The summed E-state index contributed by atoms with van der Waals surface area (Å²) in [7, 11) is 2.22. The van der Waals surface area contributed by atoms with Crippen LogP contribution in [-0.2, 0) is 19.1 Å². The van der Waals surface area contributed by atoms with Gasteiger partial charge in [-0.05, 0) is 44.6 Å². The van der Waals surface area contributed by atoms with Gasteiger partial charge >= 0.3 is 11.9 Å². The van der Waals surface area contributed by atoms with Crippen LogP contribution in [-0.4, -0.2) is 26.2 Å². The maximum Gasteiger partial charge on any atom is 0.354 e. The third-order valence-electron chi connectivity index (χ3n) is 2.24. The molecule has 0 radical (unpaired) electrons. The van der Waals surface area contributed by atoms with Gasteiger partial charge in [-0.15, -0.1) is 0 Å². The molecule has 0 bridgehead atoms. The molecule has 0 atom stereocenters. The highest BCUT2D eigenvalue weighted by atomic mass is 127. The van der Waals surface area contributed by atoms with Gasteiger partial charge in [0.1, 0.15) is 11.5 Å². The Balaban J connectivity index is 3.25. The summed E-state index contributed by atoms with van der Waals surface area (Å²) in [5, 5.41) is 2.45. The van der Waals surface area contributed by atoms with Gasteiger partial charge in [-0.2, -0.15) is 0 Å². The molecule has 1 aromatic rings. The van der Waals surface area contributed by atoms with Crippen LogP contribution >= 0.6 is 38.5 Å². The summed E-state index contributed by atoms with van der Waals surface area (Å²) in [5.74, 6) is -3.41. The summed E-state index contributed by atoms with van der Waals surface area (Å²) >= 11 is 4.39. The second-order valence-corrected chi connectivity index (χ2v) is 5.42. The maximum absolute atomic E-state index is 13.8. The molecule has 114 valence electrons. The molecule has 0 aliphatic heterocycles. The van der Waals surface area contributed by atoms with Gasteiger partial charge in [0.2, 0.25) is 0 Å². The third-order valence-corrected chi connectivity index (χ3v) is 4.02. The van der Waals surface area contributed by atoms with E-state index >= 15 is 0 Å². The smallest absolute Gasteiger partial charge is 0.354 e. The fourth-order valence-corrected chi connectivity index (χ4v) is 2.49. The Morgan fingerprint density at radius 3 is 2.48 bits per heavy atom. The molecule has 0 aliphatic carbocycles. The van der Waals surface area contributed by atoms with Gasteiger partial charge in [-0.1, -0.05) is 0 Å². The first kappa shape index (κ1) is 17.8. The van der Waals surface area contributed by atoms with Crippen molar-refractivity contribution in [1.82, 2.24) is 0 Å². The molecule has 0 aromatic heterocycles. The summed E-state index contributed by atoms with van der Waals surface area (Å²) in [4.78, 5) is 22.8. The Morgan fingerprint density at radius 1 is 1.33 bits per heavy atom. The standard InChI is InChI=1S/C12H9BrF2INO4/c1-20-8(18)4-7(12(19)21-2)17-6-3-5(14)9(13)10(15)11(6)16/h3-4,17H,1-2H3/b7-4+. The van der Waals surface area contributed by atoms with Crippen molar-refractivity contribution in [2.45, 2.75) is 0 Å². The molecule has 0 unspecified atom stereocenters. The van der Waals surface area contributed by atoms with Gasteiger partial charge in [0, 0.05) is 0 Å². The number of rotatable bonds is 4. The van der Waals surface area contributed by atoms with Crippen LogP contribution in [0.4, 0.5) is 14.5 Å². The van der Waals surface area contributed by atoms with E-state index in [0.29, 0.717) is 0 Å². The fraction of sp³-hybridized carbons (Fsp3) is 0.167. The molecule has 0 fully saturated rings. The van der Waals surface area contributed by atoms with Crippen LogP contribution in [0.1, 0.15) is 0 Å². The van der Waals surface area contributed by atoms with E-state index in [4.69, 9.17) is 0 Å². The molecule has 0 aliphatic rings. The van der Waals surface area contributed by atoms with E-state index in [1.165, 1.54) is 0 Å². The van der Waals surface area contributed by atoms with Crippen molar-refractivity contribution in [3.63, 3.8) is 0 Å². The molecule has 1 rings (SSSR count). The molecule has 1 aromatic carbocycles. The number of halogens is 4. The van der Waals surface area contributed by atoms with E-state index in [-0.39, 0.29) is 19.4 Å². The molecule has 0 saturated heterocycles. The first-order valence-electron chi connectivity index (χ1n) is 5.29. The molecular weight excluding hydrogens is 467 g/mol. The highest BCUT2D eigenvalue weighted by Gasteiger charge is 2.19. The van der Waals surface area contributed by atoms with E-state index < -0.39 is 23.6 Å². The van der Waals surface area contributed by atoms with Gasteiger partial charge in [0.05, 0.1) is 34.0 Å². The number of nitrogens with one attached hydrogen (secondary N) is 1. The van der Waals surface area contributed by atoms with Crippen molar-refractivity contribution in [2.24, 2.45) is 0 Å². The quantitative estimate of drug-likeness (QED) is 0.238. The number of hydrogen-bond donors (Lipinski definition) is 1. The second-order valence-electron chi connectivity index (χ2n) is 3.55. The molecule has 1 N–H and O–H groups in total. The van der Waals surface area contributed by atoms with Crippen LogP contribution in [0.2, 0.25) is 0 Å². The van der Waals surface area contributed by atoms with Crippen molar-refractivity contribution in [3.8, 4) is 0 Å². The summed E-state index contributed by atoms with van der Waals surface area (Å²) in [5.41, 5.74) is -0.349. The van der Waals surface area contributed by atoms with Crippen molar-refractivity contribution in [2.75, 3.05) is 19.5 Å². The van der Waals surface area contributed by atoms with Gasteiger partial charge in [-0.25, -0.2) is 18.4 Å². The highest BCUT2D eigenvalue weighted by molar-refractivity contribution is 14.1. The zero-order valence-electron chi connectivity index (χ0n) is 10.8. The Labute approximate surface area is 140 Å². The van der Waals surface area contributed by atoms with Crippen LogP contribution in [0.3, 0.4) is 0 Å². The summed E-state index contributed by atoms with van der Waals surface area (Å²) in [6.45, 7) is 0. The van der Waals surface area contributed by atoms with Crippen LogP contribution in [0.15, 0.2) is 22.3 Å². The summed E-state index contributed by atoms with van der Waals surface area (Å²) in [6.07, 6.45) is 0.819. The van der Waals surface area contributed by atoms with E-state index in [1.54, 1.807) is 22.6 Å². The normalized spacial score (nSPS) is 11.0.